The van der Waals surface area contributed by atoms with Crippen LogP contribution in [0.2, 0.25) is 0 Å². The largest absolute Gasteiger partial charge is 0.472 e. The van der Waals surface area contributed by atoms with Gasteiger partial charge in [-0.15, -0.1) is 0 Å². The number of phosphoric acid groups is 1. The number of hydrogen-bond acceptors (Lipinski definition) is 8. The quantitative estimate of drug-likeness (QED) is 0.0237. The molecule has 3 atom stereocenters. The van der Waals surface area contributed by atoms with Crippen molar-refractivity contribution in [3.05, 3.63) is 24.3 Å². The molecule has 3 unspecified atom stereocenters. The monoisotopic (exact) mass is 845 g/mol. The molecule has 0 saturated heterocycles. The molecule has 0 aliphatic carbocycles. The fourth-order valence-corrected chi connectivity index (χ4v) is 7.71. The number of allylic oxidation sites excluding steroid dienone is 4. The van der Waals surface area contributed by atoms with Crippen LogP contribution in [0, 0.1) is 0 Å². The maximum atomic E-state index is 12.6. The van der Waals surface area contributed by atoms with Crippen molar-refractivity contribution in [2.24, 2.45) is 0 Å². The minimum Gasteiger partial charge on any atom is -0.457 e. The SMILES string of the molecule is CCCCCCC/C=C\C/C=C\CCCCCCCCCCCCOCC(COP(=O)(O)OCC(O)CO)OC(=O)CCCCCCCCCCCCCCCCC. The Balaban J connectivity index is 4.06. The molecule has 58 heavy (non-hydrogen) atoms. The Morgan fingerprint density at radius 1 is 0.534 bits per heavy atom. The number of phosphoric ester groups is 1. The van der Waals surface area contributed by atoms with Crippen molar-refractivity contribution in [2.45, 2.75) is 244 Å². The number of ether oxygens (including phenoxy) is 2. The zero-order chi connectivity index (χ0) is 42.5. The van der Waals surface area contributed by atoms with E-state index in [0.717, 1.165) is 44.9 Å². The van der Waals surface area contributed by atoms with Crippen molar-refractivity contribution >= 4 is 13.8 Å². The second kappa shape index (κ2) is 45.5. The molecule has 0 amide bonds. The lowest BCUT2D eigenvalue weighted by molar-refractivity contribution is -0.154. The van der Waals surface area contributed by atoms with E-state index in [9.17, 15) is 19.4 Å². The van der Waals surface area contributed by atoms with Gasteiger partial charge < -0.3 is 24.6 Å². The van der Waals surface area contributed by atoms with E-state index >= 15 is 0 Å². The van der Waals surface area contributed by atoms with E-state index in [1.165, 1.54) is 167 Å². The molecule has 0 aromatic heterocycles. The van der Waals surface area contributed by atoms with Crippen LogP contribution in [-0.2, 0) is 27.9 Å². The van der Waals surface area contributed by atoms with Gasteiger partial charge in [-0.1, -0.05) is 205 Å². The fraction of sp³-hybridized carbons (Fsp3) is 0.896. The van der Waals surface area contributed by atoms with Crippen molar-refractivity contribution in [3.63, 3.8) is 0 Å². The maximum Gasteiger partial charge on any atom is 0.472 e. The van der Waals surface area contributed by atoms with E-state index < -0.39 is 33.2 Å². The van der Waals surface area contributed by atoms with Gasteiger partial charge in [0, 0.05) is 13.0 Å². The molecule has 0 radical (unpaired) electrons. The van der Waals surface area contributed by atoms with Crippen LogP contribution in [0.15, 0.2) is 24.3 Å². The maximum absolute atomic E-state index is 12.6. The molecular formula is C48H93O9P. The molecule has 0 aliphatic heterocycles. The predicted molar refractivity (Wildman–Crippen MR) is 242 cm³/mol. The molecule has 0 bridgehead atoms. The molecule has 344 valence electrons. The number of esters is 1. The first-order valence-electron chi connectivity index (χ1n) is 24.3. The Labute approximate surface area is 357 Å². The Morgan fingerprint density at radius 3 is 1.38 bits per heavy atom. The minimum atomic E-state index is -4.52. The van der Waals surface area contributed by atoms with Crippen LogP contribution < -0.4 is 0 Å². The van der Waals surface area contributed by atoms with E-state index in [0.29, 0.717) is 6.61 Å². The van der Waals surface area contributed by atoms with Crippen LogP contribution in [0.1, 0.15) is 232 Å². The predicted octanol–water partition coefficient (Wildman–Crippen LogP) is 13.8. The van der Waals surface area contributed by atoms with Gasteiger partial charge in [-0.2, -0.15) is 0 Å². The summed E-state index contributed by atoms with van der Waals surface area (Å²) in [4.78, 5) is 22.6. The zero-order valence-electron chi connectivity index (χ0n) is 37.8. The summed E-state index contributed by atoms with van der Waals surface area (Å²) in [6.45, 7) is 3.54. The lowest BCUT2D eigenvalue weighted by atomic mass is 10.0. The highest BCUT2D eigenvalue weighted by molar-refractivity contribution is 7.47. The van der Waals surface area contributed by atoms with Crippen LogP contribution in [0.3, 0.4) is 0 Å². The third kappa shape index (κ3) is 44.5. The summed E-state index contributed by atoms with van der Waals surface area (Å²) in [7, 11) is -4.52. The first-order chi connectivity index (χ1) is 28.3. The van der Waals surface area contributed by atoms with E-state index in [2.05, 4.69) is 38.2 Å². The van der Waals surface area contributed by atoms with Crippen molar-refractivity contribution in [2.75, 3.05) is 33.0 Å². The van der Waals surface area contributed by atoms with Crippen LogP contribution in [0.5, 0.6) is 0 Å². The van der Waals surface area contributed by atoms with Crippen molar-refractivity contribution in [1.82, 2.24) is 0 Å². The Morgan fingerprint density at radius 2 is 0.931 bits per heavy atom. The zero-order valence-corrected chi connectivity index (χ0v) is 38.7. The lowest BCUT2D eigenvalue weighted by Crippen LogP contribution is -2.29. The lowest BCUT2D eigenvalue weighted by Gasteiger charge is -2.20. The third-order valence-electron chi connectivity index (χ3n) is 10.6. The number of hydrogen-bond donors (Lipinski definition) is 3. The van der Waals surface area contributed by atoms with Gasteiger partial charge in [0.1, 0.15) is 12.2 Å². The van der Waals surface area contributed by atoms with Gasteiger partial charge in [-0.05, 0) is 44.9 Å². The van der Waals surface area contributed by atoms with Crippen molar-refractivity contribution < 1.29 is 43.0 Å². The second-order valence-electron chi connectivity index (χ2n) is 16.5. The molecule has 3 N–H and O–H groups in total. The van der Waals surface area contributed by atoms with E-state index in [4.69, 9.17) is 23.6 Å². The standard InChI is InChI=1S/C48H93O9P/c1-3-5-7-9-11-13-15-17-19-20-21-22-23-24-25-27-29-31-33-35-37-39-41-54-44-47(45-56-58(52,53)55-43-46(50)42-49)57-48(51)40-38-36-34-32-30-28-26-18-16-14-12-10-8-6-4-2/h15,17,20-21,46-47,49-50H,3-14,16,18-19,22-45H2,1-2H3,(H,52,53)/b17-15-,21-20-. The van der Waals surface area contributed by atoms with Crippen LogP contribution >= 0.6 is 7.82 Å². The number of carbonyl (C=O) groups is 1. The molecule has 0 spiro atoms. The topological polar surface area (TPSA) is 132 Å². The summed E-state index contributed by atoms with van der Waals surface area (Å²) >= 11 is 0. The number of unbranched alkanes of at least 4 members (excludes halogenated alkanes) is 29. The summed E-state index contributed by atoms with van der Waals surface area (Å²) in [6.07, 6.45) is 48.5. The van der Waals surface area contributed by atoms with Crippen LogP contribution in [-0.4, -0.2) is 66.3 Å². The number of aliphatic hydroxyl groups excluding tert-OH is 2. The Bertz CT molecular complexity index is 959. The molecule has 0 rings (SSSR count). The van der Waals surface area contributed by atoms with Crippen LogP contribution in [0.25, 0.3) is 0 Å². The molecule has 0 aliphatic rings. The van der Waals surface area contributed by atoms with Gasteiger partial charge >= 0.3 is 13.8 Å². The highest BCUT2D eigenvalue weighted by Gasteiger charge is 2.26. The Hall–Kier alpha value is -1.06. The molecule has 0 fully saturated rings. The van der Waals surface area contributed by atoms with Crippen molar-refractivity contribution in [1.29, 1.82) is 0 Å². The molecule has 9 nitrogen and oxygen atoms in total. The summed E-state index contributed by atoms with van der Waals surface area (Å²) < 4.78 is 33.5. The highest BCUT2D eigenvalue weighted by Crippen LogP contribution is 2.43. The van der Waals surface area contributed by atoms with Gasteiger partial charge in [0.2, 0.25) is 0 Å². The van der Waals surface area contributed by atoms with E-state index in [-0.39, 0.29) is 25.6 Å². The van der Waals surface area contributed by atoms with Gasteiger partial charge in [0.15, 0.2) is 0 Å². The van der Waals surface area contributed by atoms with E-state index in [1.807, 2.05) is 0 Å². The molecule has 0 aromatic carbocycles. The van der Waals surface area contributed by atoms with E-state index in [1.54, 1.807) is 0 Å². The van der Waals surface area contributed by atoms with Gasteiger partial charge in [0.25, 0.3) is 0 Å². The summed E-state index contributed by atoms with van der Waals surface area (Å²) in [5, 5.41) is 18.4. The molecule has 0 aromatic rings. The van der Waals surface area contributed by atoms with Gasteiger partial charge in [0.05, 0.1) is 26.4 Å². The molecule has 0 saturated carbocycles. The smallest absolute Gasteiger partial charge is 0.457 e. The average molecular weight is 845 g/mol. The Kier molecular flexibility index (Phi) is 44.6. The number of carbonyl (C=O) groups excluding carboxylic acids is 1. The average Bonchev–Trinajstić information content (AvgIpc) is 3.21. The first kappa shape index (κ1) is 56.9. The third-order valence-corrected chi connectivity index (χ3v) is 11.6. The fourth-order valence-electron chi connectivity index (χ4n) is 6.92. The highest BCUT2D eigenvalue weighted by atomic mass is 31.2. The summed E-state index contributed by atoms with van der Waals surface area (Å²) in [5.41, 5.74) is 0. The van der Waals surface area contributed by atoms with Gasteiger partial charge in [-0.3, -0.25) is 13.8 Å². The minimum absolute atomic E-state index is 0.0515. The van der Waals surface area contributed by atoms with Crippen molar-refractivity contribution in [3.8, 4) is 0 Å². The first-order valence-corrected chi connectivity index (χ1v) is 25.8. The number of aliphatic hydroxyl groups is 2. The van der Waals surface area contributed by atoms with Gasteiger partial charge in [-0.25, -0.2) is 4.57 Å². The molecule has 10 heteroatoms. The number of rotatable bonds is 47. The molecular weight excluding hydrogens is 751 g/mol. The summed E-state index contributed by atoms with van der Waals surface area (Å²) in [6, 6.07) is 0. The second-order valence-corrected chi connectivity index (χ2v) is 17.9. The molecule has 0 heterocycles. The summed E-state index contributed by atoms with van der Waals surface area (Å²) in [5.74, 6) is -0.380. The van der Waals surface area contributed by atoms with Crippen LogP contribution in [0.4, 0.5) is 0 Å². The normalized spacial score (nSPS) is 14.1.